The standard InChI is InChI=1S/C21H16N8O/c22-6-12-3-15(12)21(30)29-19-5-11-4-18(28-20(23)16(11)10-25-19)17-9-24-2-1-14(17)13-7-26-27-8-13/h1-2,4-5,7-10,12,15H,3H2,(H2,23,28)(H,26,27)(H,25,29,30)/t12-,15?/m0/s1. The van der Waals surface area contributed by atoms with E-state index in [2.05, 4.69) is 36.5 Å². The maximum Gasteiger partial charge on any atom is 0.230 e. The zero-order valence-corrected chi connectivity index (χ0v) is 15.7. The Morgan fingerprint density at radius 1 is 1.27 bits per heavy atom. The lowest BCUT2D eigenvalue weighted by atomic mass is 10.0. The first kappa shape index (κ1) is 17.8. The molecule has 4 N–H and O–H groups in total. The number of amides is 1. The van der Waals surface area contributed by atoms with Crippen molar-refractivity contribution in [3.05, 3.63) is 49.2 Å². The molecule has 0 radical (unpaired) electrons. The first-order valence-corrected chi connectivity index (χ1v) is 9.34. The lowest BCUT2D eigenvalue weighted by Crippen LogP contribution is -2.15. The van der Waals surface area contributed by atoms with Crippen LogP contribution < -0.4 is 11.1 Å². The second kappa shape index (κ2) is 6.93. The monoisotopic (exact) mass is 396 g/mol. The number of rotatable bonds is 4. The number of H-pyrrole nitrogens is 1. The Morgan fingerprint density at radius 2 is 2.17 bits per heavy atom. The molecule has 1 amide bonds. The van der Waals surface area contributed by atoms with Gasteiger partial charge in [-0.1, -0.05) is 0 Å². The number of carbonyl (C=O) groups is 1. The molecule has 1 unspecified atom stereocenters. The highest BCUT2D eigenvalue weighted by Gasteiger charge is 2.43. The van der Waals surface area contributed by atoms with E-state index in [1.807, 2.05) is 12.1 Å². The molecule has 4 aromatic heterocycles. The Bertz CT molecular complexity index is 1310. The number of pyridine rings is 3. The van der Waals surface area contributed by atoms with E-state index < -0.39 is 0 Å². The number of fused-ring (bicyclic) bond motifs is 1. The van der Waals surface area contributed by atoms with Gasteiger partial charge in [-0.05, 0) is 35.6 Å². The van der Waals surface area contributed by atoms with Crippen LogP contribution in [-0.2, 0) is 4.79 Å². The number of nitrogens with two attached hydrogens (primary N) is 1. The molecule has 30 heavy (non-hydrogen) atoms. The van der Waals surface area contributed by atoms with Gasteiger partial charge in [0.15, 0.2) is 0 Å². The highest BCUT2D eigenvalue weighted by Crippen LogP contribution is 2.38. The Morgan fingerprint density at radius 3 is 2.93 bits per heavy atom. The van der Waals surface area contributed by atoms with E-state index in [1.165, 1.54) is 0 Å². The second-order valence-electron chi connectivity index (χ2n) is 7.16. The van der Waals surface area contributed by atoms with Crippen molar-refractivity contribution < 1.29 is 4.79 Å². The molecule has 9 heteroatoms. The van der Waals surface area contributed by atoms with Crippen molar-refractivity contribution in [3.63, 3.8) is 0 Å². The maximum absolute atomic E-state index is 12.3. The Labute approximate surface area is 171 Å². The van der Waals surface area contributed by atoms with Crippen LogP contribution in [0, 0.1) is 23.2 Å². The summed E-state index contributed by atoms with van der Waals surface area (Å²) in [5.41, 5.74) is 9.49. The van der Waals surface area contributed by atoms with Crippen LogP contribution in [0.5, 0.6) is 0 Å². The molecule has 0 aromatic carbocycles. The Kier molecular flexibility index (Phi) is 4.10. The van der Waals surface area contributed by atoms with E-state index in [0.717, 1.165) is 22.1 Å². The highest BCUT2D eigenvalue weighted by molar-refractivity contribution is 5.99. The van der Waals surface area contributed by atoms with Crippen molar-refractivity contribution in [1.82, 2.24) is 25.1 Å². The van der Waals surface area contributed by atoms with Gasteiger partial charge >= 0.3 is 0 Å². The molecular formula is C21H16N8O. The van der Waals surface area contributed by atoms with Gasteiger partial charge in [0.1, 0.15) is 11.6 Å². The molecule has 1 fully saturated rings. The number of nitrogens with zero attached hydrogens (tertiary/aromatic N) is 5. The number of nitriles is 1. The van der Waals surface area contributed by atoms with Gasteiger partial charge in [-0.25, -0.2) is 9.97 Å². The summed E-state index contributed by atoms with van der Waals surface area (Å²) in [5.74, 6) is 0.0861. The lowest BCUT2D eigenvalue weighted by Gasteiger charge is -2.11. The number of aromatic amines is 1. The maximum atomic E-state index is 12.3. The zero-order valence-electron chi connectivity index (χ0n) is 15.7. The van der Waals surface area contributed by atoms with Gasteiger partial charge in [0.05, 0.1) is 29.8 Å². The third kappa shape index (κ3) is 3.10. The van der Waals surface area contributed by atoms with Crippen LogP contribution in [0.2, 0.25) is 0 Å². The number of nitrogens with one attached hydrogen (secondary N) is 2. The largest absolute Gasteiger partial charge is 0.383 e. The summed E-state index contributed by atoms with van der Waals surface area (Å²) in [4.78, 5) is 25.3. The van der Waals surface area contributed by atoms with Crippen molar-refractivity contribution >= 4 is 28.3 Å². The van der Waals surface area contributed by atoms with Crippen molar-refractivity contribution in [1.29, 1.82) is 5.26 Å². The summed E-state index contributed by atoms with van der Waals surface area (Å²) in [6, 6.07) is 7.65. The molecule has 0 spiro atoms. The van der Waals surface area contributed by atoms with Gasteiger partial charge in [0, 0.05) is 41.3 Å². The minimum atomic E-state index is -0.265. The first-order valence-electron chi connectivity index (χ1n) is 9.34. The van der Waals surface area contributed by atoms with Crippen LogP contribution in [0.1, 0.15) is 6.42 Å². The van der Waals surface area contributed by atoms with Gasteiger partial charge in [0.2, 0.25) is 5.91 Å². The molecule has 1 aliphatic rings. The predicted octanol–water partition coefficient (Wildman–Crippen LogP) is 2.76. The van der Waals surface area contributed by atoms with Crippen LogP contribution >= 0.6 is 0 Å². The van der Waals surface area contributed by atoms with E-state index in [4.69, 9.17) is 11.0 Å². The highest BCUT2D eigenvalue weighted by atomic mass is 16.2. The Hall–Kier alpha value is -4.32. The minimum Gasteiger partial charge on any atom is -0.383 e. The summed E-state index contributed by atoms with van der Waals surface area (Å²) >= 11 is 0. The first-order chi connectivity index (χ1) is 14.6. The number of anilines is 2. The fraction of sp³-hybridized carbons (Fsp3) is 0.143. The van der Waals surface area contributed by atoms with Gasteiger partial charge in [-0.3, -0.25) is 14.9 Å². The molecular weight excluding hydrogens is 380 g/mol. The summed E-state index contributed by atoms with van der Waals surface area (Å²) in [6.07, 6.45) is 9.15. The molecule has 0 saturated heterocycles. The van der Waals surface area contributed by atoms with Crippen molar-refractivity contribution in [2.75, 3.05) is 11.1 Å². The third-order valence-corrected chi connectivity index (χ3v) is 5.20. The van der Waals surface area contributed by atoms with Gasteiger partial charge in [-0.2, -0.15) is 10.4 Å². The summed E-state index contributed by atoms with van der Waals surface area (Å²) in [6.45, 7) is 0. The van der Waals surface area contributed by atoms with E-state index in [9.17, 15) is 4.79 Å². The van der Waals surface area contributed by atoms with Crippen molar-refractivity contribution in [2.45, 2.75) is 6.42 Å². The Balaban J connectivity index is 1.54. The molecule has 5 rings (SSSR count). The molecule has 9 nitrogen and oxygen atoms in total. The number of hydrogen-bond donors (Lipinski definition) is 3. The topological polar surface area (TPSA) is 146 Å². The summed E-state index contributed by atoms with van der Waals surface area (Å²) in [7, 11) is 0. The molecule has 0 bridgehead atoms. The average molecular weight is 396 g/mol. The number of aromatic nitrogens is 5. The van der Waals surface area contributed by atoms with Crippen molar-refractivity contribution in [3.8, 4) is 28.5 Å². The van der Waals surface area contributed by atoms with Crippen LogP contribution in [-0.4, -0.2) is 31.1 Å². The number of nitrogen functional groups attached to an aromatic ring is 1. The second-order valence-corrected chi connectivity index (χ2v) is 7.16. The lowest BCUT2D eigenvalue weighted by molar-refractivity contribution is -0.117. The molecule has 4 heterocycles. The normalized spacial score (nSPS) is 17.4. The minimum absolute atomic E-state index is 0.190. The van der Waals surface area contributed by atoms with E-state index in [1.54, 1.807) is 37.1 Å². The van der Waals surface area contributed by atoms with Crippen LogP contribution in [0.15, 0.2) is 49.2 Å². The van der Waals surface area contributed by atoms with Crippen LogP contribution in [0.3, 0.4) is 0 Å². The fourth-order valence-electron chi connectivity index (χ4n) is 3.48. The molecule has 0 aliphatic heterocycles. The van der Waals surface area contributed by atoms with E-state index in [-0.39, 0.29) is 17.7 Å². The fourth-order valence-corrected chi connectivity index (χ4v) is 3.48. The zero-order chi connectivity index (χ0) is 20.7. The number of hydrogen-bond acceptors (Lipinski definition) is 7. The van der Waals surface area contributed by atoms with Gasteiger partial charge < -0.3 is 11.1 Å². The quantitative estimate of drug-likeness (QED) is 0.480. The van der Waals surface area contributed by atoms with Crippen LogP contribution in [0.25, 0.3) is 33.2 Å². The molecule has 1 aliphatic carbocycles. The predicted molar refractivity (Wildman–Crippen MR) is 111 cm³/mol. The SMILES string of the molecule is N#C[C@@H]1CC1C(=O)Nc1cc2cc(-c3cnccc3-c3cn[nH]c3)nc(N)c2cn1. The number of carbonyl (C=O) groups excluding carboxylic acids is 1. The van der Waals surface area contributed by atoms with Gasteiger partial charge in [-0.15, -0.1) is 0 Å². The van der Waals surface area contributed by atoms with E-state index >= 15 is 0 Å². The summed E-state index contributed by atoms with van der Waals surface area (Å²) in [5, 5.41) is 20.0. The van der Waals surface area contributed by atoms with E-state index in [0.29, 0.717) is 29.1 Å². The molecule has 2 atom stereocenters. The molecule has 4 aromatic rings. The third-order valence-electron chi connectivity index (χ3n) is 5.20. The summed E-state index contributed by atoms with van der Waals surface area (Å²) < 4.78 is 0. The van der Waals surface area contributed by atoms with Gasteiger partial charge in [0.25, 0.3) is 0 Å². The smallest absolute Gasteiger partial charge is 0.230 e. The van der Waals surface area contributed by atoms with Crippen LogP contribution in [0.4, 0.5) is 11.6 Å². The van der Waals surface area contributed by atoms with Crippen molar-refractivity contribution in [2.24, 2.45) is 11.8 Å². The average Bonchev–Trinajstić information content (AvgIpc) is 3.36. The molecule has 1 saturated carbocycles. The molecule has 146 valence electrons.